The van der Waals surface area contributed by atoms with Crippen molar-refractivity contribution in [2.24, 2.45) is 5.10 Å². The maximum atomic E-state index is 4.60. The van der Waals surface area contributed by atoms with E-state index in [-0.39, 0.29) is 5.41 Å². The Morgan fingerprint density at radius 3 is 2.57 bits per heavy atom. The third kappa shape index (κ3) is 1.21. The molecule has 2 rings (SSSR count). The minimum absolute atomic E-state index is 0.226. The van der Waals surface area contributed by atoms with Crippen LogP contribution >= 0.6 is 0 Å². The SMILES string of the molecule is CC1=Nn2c(C)cc(C)c2C(C)(C)C1. The summed E-state index contributed by atoms with van der Waals surface area (Å²) in [7, 11) is 0. The van der Waals surface area contributed by atoms with Crippen LogP contribution in [-0.4, -0.2) is 10.4 Å². The monoisotopic (exact) mass is 190 g/mol. The van der Waals surface area contributed by atoms with E-state index < -0.39 is 0 Å². The van der Waals surface area contributed by atoms with E-state index in [1.54, 1.807) is 0 Å². The summed E-state index contributed by atoms with van der Waals surface area (Å²) in [5, 5.41) is 4.60. The predicted molar refractivity (Wildman–Crippen MR) is 60.1 cm³/mol. The minimum Gasteiger partial charge on any atom is -0.242 e. The molecule has 1 aromatic rings. The molecule has 0 saturated heterocycles. The maximum Gasteiger partial charge on any atom is 0.0512 e. The number of aromatic nitrogens is 1. The molecule has 2 heteroatoms. The summed E-state index contributed by atoms with van der Waals surface area (Å²) in [6.07, 6.45) is 1.07. The molecule has 0 saturated carbocycles. The highest BCUT2D eigenvalue weighted by Gasteiger charge is 2.31. The van der Waals surface area contributed by atoms with Crippen molar-refractivity contribution in [2.75, 3.05) is 0 Å². The van der Waals surface area contributed by atoms with E-state index in [4.69, 9.17) is 0 Å². The third-order valence-electron chi connectivity index (χ3n) is 2.95. The van der Waals surface area contributed by atoms with Crippen molar-refractivity contribution in [1.29, 1.82) is 0 Å². The Kier molecular flexibility index (Phi) is 1.85. The predicted octanol–water partition coefficient (Wildman–Crippen LogP) is 3.01. The topological polar surface area (TPSA) is 17.3 Å². The summed E-state index contributed by atoms with van der Waals surface area (Å²) in [5.74, 6) is 0. The first kappa shape index (κ1) is 9.50. The summed E-state index contributed by atoms with van der Waals surface area (Å²) in [5.41, 5.74) is 5.43. The smallest absolute Gasteiger partial charge is 0.0512 e. The van der Waals surface area contributed by atoms with Crippen molar-refractivity contribution >= 4 is 5.71 Å². The zero-order valence-corrected chi connectivity index (χ0v) is 9.68. The molecule has 14 heavy (non-hydrogen) atoms. The summed E-state index contributed by atoms with van der Waals surface area (Å²) in [4.78, 5) is 0. The van der Waals surface area contributed by atoms with Crippen LogP contribution in [0.4, 0.5) is 0 Å². The van der Waals surface area contributed by atoms with Crippen molar-refractivity contribution < 1.29 is 0 Å². The first-order valence-corrected chi connectivity index (χ1v) is 5.16. The molecule has 1 aromatic heterocycles. The Bertz CT molecular complexity index is 408. The van der Waals surface area contributed by atoms with E-state index >= 15 is 0 Å². The van der Waals surface area contributed by atoms with Crippen molar-refractivity contribution in [1.82, 2.24) is 4.68 Å². The number of nitrogens with zero attached hydrogens (tertiary/aromatic N) is 2. The lowest BCUT2D eigenvalue weighted by molar-refractivity contribution is 0.479. The summed E-state index contributed by atoms with van der Waals surface area (Å²) >= 11 is 0. The molecule has 0 N–H and O–H groups in total. The van der Waals surface area contributed by atoms with Gasteiger partial charge in [0.2, 0.25) is 0 Å². The first-order valence-electron chi connectivity index (χ1n) is 5.16. The molecule has 1 aliphatic rings. The van der Waals surface area contributed by atoms with Gasteiger partial charge in [-0.2, -0.15) is 5.10 Å². The zero-order chi connectivity index (χ0) is 10.5. The summed E-state index contributed by atoms with van der Waals surface area (Å²) in [6.45, 7) is 11.0. The van der Waals surface area contributed by atoms with Gasteiger partial charge in [0.25, 0.3) is 0 Å². The maximum absolute atomic E-state index is 4.60. The normalized spacial score (nSPS) is 19.1. The number of hydrogen-bond acceptors (Lipinski definition) is 1. The van der Waals surface area contributed by atoms with Crippen molar-refractivity contribution in [2.45, 2.75) is 46.5 Å². The van der Waals surface area contributed by atoms with Gasteiger partial charge in [0.1, 0.15) is 0 Å². The molecule has 0 fully saturated rings. The van der Waals surface area contributed by atoms with Gasteiger partial charge in [-0.05, 0) is 38.8 Å². The lowest BCUT2D eigenvalue weighted by atomic mass is 9.81. The van der Waals surface area contributed by atoms with Crippen LogP contribution in [0, 0.1) is 13.8 Å². The van der Waals surface area contributed by atoms with Crippen LogP contribution in [0.3, 0.4) is 0 Å². The second kappa shape index (κ2) is 2.72. The van der Waals surface area contributed by atoms with Gasteiger partial charge in [-0.1, -0.05) is 13.8 Å². The third-order valence-corrected chi connectivity index (χ3v) is 2.95. The Balaban J connectivity index is 2.72. The molecule has 0 atom stereocenters. The van der Waals surface area contributed by atoms with Crippen molar-refractivity contribution in [3.05, 3.63) is 23.0 Å². The fourth-order valence-corrected chi connectivity index (χ4v) is 2.66. The number of aryl methyl sites for hydroxylation is 2. The molecular weight excluding hydrogens is 172 g/mol. The number of rotatable bonds is 0. The molecule has 2 heterocycles. The molecule has 0 aliphatic carbocycles. The van der Waals surface area contributed by atoms with Crippen LogP contribution in [0.15, 0.2) is 11.2 Å². The molecule has 0 bridgehead atoms. The quantitative estimate of drug-likeness (QED) is 0.598. The van der Waals surface area contributed by atoms with Gasteiger partial charge in [0, 0.05) is 16.8 Å². The van der Waals surface area contributed by atoms with Gasteiger partial charge in [0.15, 0.2) is 0 Å². The second-order valence-corrected chi connectivity index (χ2v) is 5.03. The van der Waals surface area contributed by atoms with Crippen molar-refractivity contribution in [3.63, 3.8) is 0 Å². The van der Waals surface area contributed by atoms with Gasteiger partial charge >= 0.3 is 0 Å². The standard InChI is InChI=1S/C12H18N2/c1-8-6-10(3)14-11(8)12(4,5)7-9(2)13-14/h6H,7H2,1-5H3. The highest BCUT2D eigenvalue weighted by molar-refractivity contribution is 5.84. The van der Waals surface area contributed by atoms with E-state index in [0.29, 0.717) is 0 Å². The van der Waals surface area contributed by atoms with E-state index in [1.807, 2.05) is 0 Å². The number of fused-ring (bicyclic) bond motifs is 1. The minimum atomic E-state index is 0.226. The molecule has 0 radical (unpaired) electrons. The fraction of sp³-hybridized carbons (Fsp3) is 0.583. The molecule has 76 valence electrons. The summed E-state index contributed by atoms with van der Waals surface area (Å²) < 4.78 is 2.11. The van der Waals surface area contributed by atoms with Gasteiger partial charge in [0.05, 0.1) is 5.69 Å². The zero-order valence-electron chi connectivity index (χ0n) is 9.68. The second-order valence-electron chi connectivity index (χ2n) is 5.03. The van der Waals surface area contributed by atoms with Crippen LogP contribution in [-0.2, 0) is 5.41 Å². The Labute approximate surface area is 85.6 Å². The lowest BCUT2D eigenvalue weighted by Crippen LogP contribution is -2.29. The van der Waals surface area contributed by atoms with Crippen LogP contribution in [0.25, 0.3) is 0 Å². The highest BCUT2D eigenvalue weighted by Crippen LogP contribution is 2.35. The lowest BCUT2D eigenvalue weighted by Gasteiger charge is -2.30. The average Bonchev–Trinajstić information content (AvgIpc) is 2.25. The van der Waals surface area contributed by atoms with Crippen LogP contribution < -0.4 is 0 Å². The molecule has 0 spiro atoms. The molecule has 0 aromatic carbocycles. The van der Waals surface area contributed by atoms with Gasteiger partial charge in [-0.15, -0.1) is 0 Å². The first-order chi connectivity index (χ1) is 6.42. The average molecular weight is 190 g/mol. The molecule has 1 aliphatic heterocycles. The van der Waals surface area contributed by atoms with Gasteiger partial charge in [-0.3, -0.25) is 0 Å². The molecule has 0 amide bonds. The Hall–Kier alpha value is -1.05. The largest absolute Gasteiger partial charge is 0.242 e. The van der Waals surface area contributed by atoms with E-state index in [1.165, 1.54) is 22.7 Å². The van der Waals surface area contributed by atoms with E-state index in [9.17, 15) is 0 Å². The Morgan fingerprint density at radius 1 is 1.29 bits per heavy atom. The van der Waals surface area contributed by atoms with Gasteiger partial charge in [-0.25, -0.2) is 4.68 Å². The van der Waals surface area contributed by atoms with Crippen LogP contribution in [0.2, 0.25) is 0 Å². The van der Waals surface area contributed by atoms with Crippen LogP contribution in [0.5, 0.6) is 0 Å². The Morgan fingerprint density at radius 2 is 1.93 bits per heavy atom. The van der Waals surface area contributed by atoms with E-state index in [2.05, 4.69) is 50.5 Å². The van der Waals surface area contributed by atoms with Crippen LogP contribution in [0.1, 0.15) is 44.1 Å². The molecular formula is C12H18N2. The molecule has 2 nitrogen and oxygen atoms in total. The number of hydrogen-bond donors (Lipinski definition) is 0. The highest BCUT2D eigenvalue weighted by atomic mass is 15.4. The van der Waals surface area contributed by atoms with Crippen molar-refractivity contribution in [3.8, 4) is 0 Å². The van der Waals surface area contributed by atoms with Gasteiger partial charge < -0.3 is 0 Å². The summed E-state index contributed by atoms with van der Waals surface area (Å²) in [6, 6.07) is 2.22. The molecule has 0 unspecified atom stereocenters. The fourth-order valence-electron chi connectivity index (χ4n) is 2.66. The van der Waals surface area contributed by atoms with E-state index in [0.717, 1.165) is 6.42 Å².